The summed E-state index contributed by atoms with van der Waals surface area (Å²) in [7, 11) is -1.15. The minimum absolute atomic E-state index is 0.158. The van der Waals surface area contributed by atoms with Crippen molar-refractivity contribution in [1.29, 1.82) is 0 Å². The van der Waals surface area contributed by atoms with E-state index >= 15 is 0 Å². The number of carboxylic acids is 1. The molecular formula is C8H14O3S. The van der Waals surface area contributed by atoms with Crippen molar-refractivity contribution in [3.8, 4) is 0 Å². The maximum Gasteiger partial charge on any atom is 0.319 e. The quantitative estimate of drug-likeness (QED) is 0.723. The van der Waals surface area contributed by atoms with Crippen molar-refractivity contribution in [2.45, 2.75) is 43.1 Å². The molecule has 0 radical (unpaired) electrons. The summed E-state index contributed by atoms with van der Waals surface area (Å²) in [6.07, 6.45) is 3.46. The Hall–Kier alpha value is -0.380. The van der Waals surface area contributed by atoms with Crippen molar-refractivity contribution >= 4 is 16.8 Å². The summed E-state index contributed by atoms with van der Waals surface area (Å²) in [5.41, 5.74) is 0. The predicted molar refractivity (Wildman–Crippen MR) is 47.5 cm³/mol. The number of carboxylic acid groups (broad SMARTS) is 1. The van der Waals surface area contributed by atoms with Gasteiger partial charge in [0, 0.05) is 16.0 Å². The molecule has 1 aliphatic carbocycles. The molecule has 70 valence electrons. The molecule has 2 unspecified atom stereocenters. The van der Waals surface area contributed by atoms with Crippen LogP contribution in [-0.4, -0.2) is 25.8 Å². The lowest BCUT2D eigenvalue weighted by Gasteiger charge is -2.26. The Labute approximate surface area is 74.6 Å². The van der Waals surface area contributed by atoms with Crippen molar-refractivity contribution < 1.29 is 14.1 Å². The first-order chi connectivity index (χ1) is 5.66. The molecule has 0 heterocycles. The summed E-state index contributed by atoms with van der Waals surface area (Å²) in [4.78, 5) is 10.6. The number of hydrogen-bond donors (Lipinski definition) is 1. The molecule has 4 heteroatoms. The summed E-state index contributed by atoms with van der Waals surface area (Å²) < 4.78 is 11.5. The zero-order valence-corrected chi connectivity index (χ0v) is 7.97. The highest BCUT2D eigenvalue weighted by molar-refractivity contribution is 7.87. The van der Waals surface area contributed by atoms with Crippen molar-refractivity contribution in [2.24, 2.45) is 0 Å². The summed E-state index contributed by atoms with van der Waals surface area (Å²) >= 11 is 0. The lowest BCUT2D eigenvalue weighted by molar-refractivity contribution is -0.136. The average molecular weight is 190 g/mol. The van der Waals surface area contributed by atoms with Crippen LogP contribution in [0.1, 0.15) is 32.6 Å². The maximum absolute atomic E-state index is 11.5. The molecule has 0 bridgehead atoms. The molecule has 0 aromatic carbocycles. The van der Waals surface area contributed by atoms with Gasteiger partial charge in [0.15, 0.2) is 0 Å². The molecule has 1 rings (SSSR count). The van der Waals surface area contributed by atoms with Gasteiger partial charge >= 0.3 is 5.97 Å². The molecule has 0 amide bonds. The second-order valence-electron chi connectivity index (χ2n) is 3.12. The van der Waals surface area contributed by atoms with Crippen molar-refractivity contribution in [3.05, 3.63) is 0 Å². The van der Waals surface area contributed by atoms with Gasteiger partial charge in [-0.2, -0.15) is 0 Å². The van der Waals surface area contributed by atoms with Crippen LogP contribution in [-0.2, 0) is 15.6 Å². The summed E-state index contributed by atoms with van der Waals surface area (Å²) in [6.45, 7) is 1.77. The van der Waals surface area contributed by atoms with Crippen LogP contribution in [0, 0.1) is 0 Å². The Kier molecular flexibility index (Phi) is 3.26. The van der Waals surface area contributed by atoms with Crippen LogP contribution in [0.25, 0.3) is 0 Å². The predicted octanol–water partition coefficient (Wildman–Crippen LogP) is 1.15. The molecule has 2 atom stereocenters. The Balaban J connectivity index is 2.52. The van der Waals surface area contributed by atoms with E-state index in [9.17, 15) is 9.00 Å². The maximum atomic E-state index is 11.5. The van der Waals surface area contributed by atoms with Crippen LogP contribution in [0.15, 0.2) is 0 Å². The topological polar surface area (TPSA) is 54.4 Å². The van der Waals surface area contributed by atoms with Gasteiger partial charge in [0.2, 0.25) is 0 Å². The molecule has 1 N–H and O–H groups in total. The largest absolute Gasteiger partial charge is 0.480 e. The lowest BCUT2D eigenvalue weighted by atomic mass is 10.00. The SMILES string of the molecule is CCC(C(=O)O)S(=O)C1CCC1. The van der Waals surface area contributed by atoms with E-state index in [-0.39, 0.29) is 5.25 Å². The number of carbonyl (C=O) groups is 1. The molecule has 12 heavy (non-hydrogen) atoms. The highest BCUT2D eigenvalue weighted by Gasteiger charge is 2.32. The van der Waals surface area contributed by atoms with Gasteiger partial charge in [-0.25, -0.2) is 0 Å². The molecule has 0 spiro atoms. The Bertz CT molecular complexity index is 198. The Morgan fingerprint density at radius 1 is 1.67 bits per heavy atom. The normalized spacial score (nSPS) is 22.8. The molecule has 1 saturated carbocycles. The van der Waals surface area contributed by atoms with E-state index in [0.29, 0.717) is 6.42 Å². The number of rotatable bonds is 4. The summed E-state index contributed by atoms with van der Waals surface area (Å²) in [5, 5.41) is 8.23. The van der Waals surface area contributed by atoms with Gasteiger partial charge in [-0.05, 0) is 19.3 Å². The first-order valence-electron chi connectivity index (χ1n) is 4.29. The fraction of sp³-hybridized carbons (Fsp3) is 0.875. The van der Waals surface area contributed by atoms with Crippen molar-refractivity contribution in [1.82, 2.24) is 0 Å². The standard InChI is InChI=1S/C8H14O3S/c1-2-7(8(9)10)12(11)6-4-3-5-6/h6-7H,2-5H2,1H3,(H,9,10). The van der Waals surface area contributed by atoms with E-state index in [4.69, 9.17) is 5.11 Å². The van der Waals surface area contributed by atoms with Crippen molar-refractivity contribution in [2.75, 3.05) is 0 Å². The van der Waals surface area contributed by atoms with Crippen LogP contribution in [0.3, 0.4) is 0 Å². The average Bonchev–Trinajstić information content (AvgIpc) is 1.83. The minimum atomic E-state index is -1.15. The van der Waals surface area contributed by atoms with Gasteiger partial charge in [0.25, 0.3) is 0 Å². The fourth-order valence-corrected chi connectivity index (χ4v) is 3.06. The first kappa shape index (κ1) is 9.71. The minimum Gasteiger partial charge on any atom is -0.480 e. The Morgan fingerprint density at radius 3 is 2.50 bits per heavy atom. The summed E-state index contributed by atoms with van der Waals surface area (Å²) in [5.74, 6) is -0.914. The zero-order valence-electron chi connectivity index (χ0n) is 7.16. The highest BCUT2D eigenvalue weighted by atomic mass is 32.2. The fourth-order valence-electron chi connectivity index (χ4n) is 1.27. The molecule has 0 saturated heterocycles. The van der Waals surface area contributed by atoms with Gasteiger partial charge in [0.05, 0.1) is 0 Å². The molecule has 3 nitrogen and oxygen atoms in total. The molecule has 0 aromatic rings. The molecule has 1 fully saturated rings. The number of hydrogen-bond acceptors (Lipinski definition) is 2. The zero-order chi connectivity index (χ0) is 9.14. The van der Waals surface area contributed by atoms with E-state index in [2.05, 4.69) is 0 Å². The van der Waals surface area contributed by atoms with Gasteiger partial charge in [-0.15, -0.1) is 0 Å². The Morgan fingerprint density at radius 2 is 2.25 bits per heavy atom. The first-order valence-corrected chi connectivity index (χ1v) is 5.56. The van der Waals surface area contributed by atoms with Crippen LogP contribution in [0.4, 0.5) is 0 Å². The monoisotopic (exact) mass is 190 g/mol. The van der Waals surface area contributed by atoms with Gasteiger partial charge in [0.1, 0.15) is 5.25 Å². The van der Waals surface area contributed by atoms with Crippen LogP contribution >= 0.6 is 0 Å². The van der Waals surface area contributed by atoms with Gasteiger partial charge in [-0.3, -0.25) is 9.00 Å². The van der Waals surface area contributed by atoms with Gasteiger partial charge in [-0.1, -0.05) is 13.3 Å². The second-order valence-corrected chi connectivity index (χ2v) is 5.01. The molecule has 0 aliphatic heterocycles. The van der Waals surface area contributed by atoms with Crippen LogP contribution in [0.5, 0.6) is 0 Å². The molecular weight excluding hydrogens is 176 g/mol. The third kappa shape index (κ3) is 1.86. The van der Waals surface area contributed by atoms with Gasteiger partial charge < -0.3 is 5.11 Å². The van der Waals surface area contributed by atoms with Crippen LogP contribution in [0.2, 0.25) is 0 Å². The summed E-state index contributed by atoms with van der Waals surface area (Å²) in [6, 6.07) is 0. The van der Waals surface area contributed by atoms with E-state index in [1.807, 2.05) is 0 Å². The third-order valence-corrected chi connectivity index (χ3v) is 4.53. The smallest absolute Gasteiger partial charge is 0.319 e. The van der Waals surface area contributed by atoms with E-state index in [0.717, 1.165) is 19.3 Å². The van der Waals surface area contributed by atoms with E-state index in [1.165, 1.54) is 0 Å². The molecule has 1 aliphatic rings. The lowest BCUT2D eigenvalue weighted by Crippen LogP contribution is -2.35. The third-order valence-electron chi connectivity index (χ3n) is 2.31. The second kappa shape index (κ2) is 4.03. The molecule has 0 aromatic heterocycles. The van der Waals surface area contributed by atoms with Crippen LogP contribution < -0.4 is 0 Å². The van der Waals surface area contributed by atoms with E-state index in [1.54, 1.807) is 6.92 Å². The highest BCUT2D eigenvalue weighted by Crippen LogP contribution is 2.26. The van der Waals surface area contributed by atoms with E-state index < -0.39 is 22.0 Å². The number of aliphatic carboxylic acids is 1. The van der Waals surface area contributed by atoms with Crippen molar-refractivity contribution in [3.63, 3.8) is 0 Å².